The van der Waals surface area contributed by atoms with Crippen LogP contribution in [0.3, 0.4) is 0 Å². The number of carbonyl (C=O) groups excluding carboxylic acids is 1. The molecule has 2 aliphatic rings. The Morgan fingerprint density at radius 1 is 1.50 bits per heavy atom. The van der Waals surface area contributed by atoms with Crippen LogP contribution in [0, 0.1) is 0 Å². The Balaban J connectivity index is 1.93. The number of para-hydroxylation sites is 1. The second kappa shape index (κ2) is 5.30. The predicted octanol–water partition coefficient (Wildman–Crippen LogP) is 2.50. The first-order valence-corrected chi connectivity index (χ1v) is 7.15. The zero-order valence-corrected chi connectivity index (χ0v) is 12.3. The standard InChI is InChI=1S/C14H11NO3S2/c1-17-10-4-2-3-9-5-8(7-18-12(9)10)6-11-13(16)15-14(19)20-11/h2-6H,7H2,1H3,(H,15,16,19)/b11-6-. The van der Waals surface area contributed by atoms with Gasteiger partial charge in [-0.2, -0.15) is 0 Å². The fourth-order valence-corrected chi connectivity index (χ4v) is 3.09. The minimum atomic E-state index is -0.155. The summed E-state index contributed by atoms with van der Waals surface area (Å²) >= 11 is 6.23. The average Bonchev–Trinajstić information content (AvgIpc) is 2.76. The number of fused-ring (bicyclic) bond motifs is 1. The molecule has 6 heteroatoms. The Bertz CT molecular complexity index is 664. The van der Waals surface area contributed by atoms with Crippen molar-refractivity contribution in [3.05, 3.63) is 40.3 Å². The summed E-state index contributed by atoms with van der Waals surface area (Å²) < 4.78 is 11.5. The molecule has 0 bridgehead atoms. The fourth-order valence-electron chi connectivity index (χ4n) is 2.03. The zero-order valence-electron chi connectivity index (χ0n) is 10.6. The molecule has 2 heterocycles. The summed E-state index contributed by atoms with van der Waals surface area (Å²) in [6.07, 6.45) is 3.80. The first kappa shape index (κ1) is 13.2. The number of thiocarbonyl (C=S) groups is 1. The van der Waals surface area contributed by atoms with Crippen LogP contribution in [-0.2, 0) is 4.79 Å². The van der Waals surface area contributed by atoms with E-state index in [1.54, 1.807) is 7.11 Å². The lowest BCUT2D eigenvalue weighted by atomic mass is 10.1. The van der Waals surface area contributed by atoms with Crippen LogP contribution in [0.15, 0.2) is 34.8 Å². The molecule has 0 radical (unpaired) electrons. The van der Waals surface area contributed by atoms with Crippen molar-refractivity contribution < 1.29 is 14.3 Å². The van der Waals surface area contributed by atoms with Crippen LogP contribution < -0.4 is 14.8 Å². The second-order valence-corrected chi connectivity index (χ2v) is 5.96. The highest BCUT2D eigenvalue weighted by Crippen LogP contribution is 2.36. The van der Waals surface area contributed by atoms with Crippen molar-refractivity contribution in [1.82, 2.24) is 5.32 Å². The number of amides is 1. The zero-order chi connectivity index (χ0) is 14.1. The molecule has 102 valence electrons. The molecule has 2 aliphatic heterocycles. The maximum atomic E-state index is 11.6. The van der Waals surface area contributed by atoms with E-state index < -0.39 is 0 Å². The van der Waals surface area contributed by atoms with E-state index in [9.17, 15) is 4.79 Å². The lowest BCUT2D eigenvalue weighted by Gasteiger charge is -2.18. The van der Waals surface area contributed by atoms with Crippen molar-refractivity contribution in [3.63, 3.8) is 0 Å². The van der Waals surface area contributed by atoms with Gasteiger partial charge in [-0.25, -0.2) is 0 Å². The van der Waals surface area contributed by atoms with Crippen LogP contribution in [0.5, 0.6) is 11.5 Å². The van der Waals surface area contributed by atoms with Crippen molar-refractivity contribution in [2.24, 2.45) is 0 Å². The molecule has 1 aromatic carbocycles. The highest BCUT2D eigenvalue weighted by Gasteiger charge is 2.23. The predicted molar refractivity (Wildman–Crippen MR) is 82.9 cm³/mol. The number of methoxy groups -OCH3 is 1. The maximum Gasteiger partial charge on any atom is 0.263 e. The minimum Gasteiger partial charge on any atom is -0.493 e. The van der Waals surface area contributed by atoms with E-state index in [-0.39, 0.29) is 5.91 Å². The first-order chi connectivity index (χ1) is 9.67. The molecule has 1 N–H and O–H groups in total. The van der Waals surface area contributed by atoms with Crippen molar-refractivity contribution in [3.8, 4) is 11.5 Å². The Morgan fingerprint density at radius 2 is 2.35 bits per heavy atom. The number of hydrogen-bond donors (Lipinski definition) is 1. The van der Waals surface area contributed by atoms with E-state index in [1.165, 1.54) is 11.8 Å². The third-order valence-corrected chi connectivity index (χ3v) is 4.07. The lowest BCUT2D eigenvalue weighted by Crippen LogP contribution is -2.18. The smallest absolute Gasteiger partial charge is 0.263 e. The van der Waals surface area contributed by atoms with Gasteiger partial charge in [-0.3, -0.25) is 4.79 Å². The van der Waals surface area contributed by atoms with Crippen LogP contribution in [0.25, 0.3) is 6.08 Å². The lowest BCUT2D eigenvalue weighted by molar-refractivity contribution is -0.115. The summed E-state index contributed by atoms with van der Waals surface area (Å²) in [6.45, 7) is 0.400. The van der Waals surface area contributed by atoms with E-state index in [2.05, 4.69) is 5.32 Å². The molecule has 0 saturated carbocycles. The van der Waals surface area contributed by atoms with Crippen molar-refractivity contribution in [2.45, 2.75) is 0 Å². The molecular formula is C14H11NO3S2. The Morgan fingerprint density at radius 3 is 3.05 bits per heavy atom. The molecule has 1 aromatic rings. The van der Waals surface area contributed by atoms with Gasteiger partial charge in [0.05, 0.1) is 12.0 Å². The van der Waals surface area contributed by atoms with Crippen molar-refractivity contribution in [2.75, 3.05) is 13.7 Å². The average molecular weight is 305 g/mol. The SMILES string of the molecule is COc1cccc2c1OCC(/C=C1\SC(=S)NC1=O)=C2. The summed E-state index contributed by atoms with van der Waals surface area (Å²) in [5.74, 6) is 1.29. The molecule has 1 amide bonds. The molecule has 4 nitrogen and oxygen atoms in total. The van der Waals surface area contributed by atoms with Crippen LogP contribution in [-0.4, -0.2) is 23.9 Å². The van der Waals surface area contributed by atoms with Gasteiger partial charge in [-0.05, 0) is 23.8 Å². The van der Waals surface area contributed by atoms with Crippen LogP contribution >= 0.6 is 24.0 Å². The van der Waals surface area contributed by atoms with Gasteiger partial charge in [-0.15, -0.1) is 0 Å². The number of carbonyl (C=O) groups is 1. The molecule has 0 aliphatic carbocycles. The number of rotatable bonds is 2. The van der Waals surface area contributed by atoms with Gasteiger partial charge >= 0.3 is 0 Å². The summed E-state index contributed by atoms with van der Waals surface area (Å²) in [6, 6.07) is 5.70. The monoisotopic (exact) mass is 305 g/mol. The highest BCUT2D eigenvalue weighted by molar-refractivity contribution is 8.26. The van der Waals surface area contributed by atoms with Crippen molar-refractivity contribution >= 4 is 40.3 Å². The van der Waals surface area contributed by atoms with Gasteiger partial charge in [0.1, 0.15) is 10.9 Å². The number of hydrogen-bond acceptors (Lipinski definition) is 5. The molecule has 1 fully saturated rings. The third kappa shape index (κ3) is 2.44. The molecule has 3 rings (SSSR count). The van der Waals surface area contributed by atoms with Crippen LogP contribution in [0.4, 0.5) is 0 Å². The molecular weight excluding hydrogens is 294 g/mol. The quantitative estimate of drug-likeness (QED) is 0.672. The van der Waals surface area contributed by atoms with E-state index in [4.69, 9.17) is 21.7 Å². The maximum absolute atomic E-state index is 11.6. The van der Waals surface area contributed by atoms with Crippen molar-refractivity contribution in [1.29, 1.82) is 0 Å². The number of thioether (sulfide) groups is 1. The minimum absolute atomic E-state index is 0.155. The van der Waals surface area contributed by atoms with Crippen LogP contribution in [0.2, 0.25) is 0 Å². The molecule has 1 saturated heterocycles. The number of ether oxygens (including phenoxy) is 2. The van der Waals surface area contributed by atoms with Gasteiger partial charge in [0.25, 0.3) is 5.91 Å². The topological polar surface area (TPSA) is 47.6 Å². The Hall–Kier alpha value is -1.79. The summed E-state index contributed by atoms with van der Waals surface area (Å²) in [5.41, 5.74) is 1.86. The first-order valence-electron chi connectivity index (χ1n) is 5.92. The highest BCUT2D eigenvalue weighted by atomic mass is 32.2. The van der Waals surface area contributed by atoms with Gasteiger partial charge in [-0.1, -0.05) is 36.1 Å². The van der Waals surface area contributed by atoms with Gasteiger partial charge in [0.2, 0.25) is 0 Å². The Labute approximate surface area is 125 Å². The second-order valence-electron chi connectivity index (χ2n) is 4.24. The molecule has 20 heavy (non-hydrogen) atoms. The normalized spacial score (nSPS) is 19.2. The molecule has 0 spiro atoms. The van der Waals surface area contributed by atoms with E-state index in [1.807, 2.05) is 30.4 Å². The van der Waals surface area contributed by atoms with E-state index in [0.29, 0.717) is 21.6 Å². The molecule has 0 unspecified atom stereocenters. The van der Waals surface area contributed by atoms with Gasteiger partial charge < -0.3 is 14.8 Å². The molecule has 0 atom stereocenters. The summed E-state index contributed by atoms with van der Waals surface area (Å²) in [5, 5.41) is 2.59. The number of nitrogens with one attached hydrogen (secondary N) is 1. The van der Waals surface area contributed by atoms with Gasteiger partial charge in [0, 0.05) is 5.56 Å². The summed E-state index contributed by atoms with van der Waals surface area (Å²) in [4.78, 5) is 12.2. The van der Waals surface area contributed by atoms with Gasteiger partial charge in [0.15, 0.2) is 11.5 Å². The molecule has 0 aromatic heterocycles. The Kier molecular flexibility index (Phi) is 3.50. The van der Waals surface area contributed by atoms with Crippen LogP contribution in [0.1, 0.15) is 5.56 Å². The summed E-state index contributed by atoms with van der Waals surface area (Å²) in [7, 11) is 1.61. The van der Waals surface area contributed by atoms with E-state index in [0.717, 1.165) is 16.9 Å². The fraction of sp³-hybridized carbons (Fsp3) is 0.143. The largest absolute Gasteiger partial charge is 0.493 e. The van der Waals surface area contributed by atoms with E-state index >= 15 is 0 Å². The number of benzene rings is 1. The third-order valence-electron chi connectivity index (χ3n) is 2.91.